The molecular weight excluding hydrogens is 422 g/mol. The molecule has 0 fully saturated rings. The minimum Gasteiger partial charge on any atom is -0.480 e. The van der Waals surface area contributed by atoms with Crippen LogP contribution in [0.3, 0.4) is 0 Å². The molecule has 30 heavy (non-hydrogen) atoms. The molecule has 154 valence electrons. The molecule has 1 heterocycles. The molecule has 0 unspecified atom stereocenters. The van der Waals surface area contributed by atoms with Crippen molar-refractivity contribution < 1.29 is 14.7 Å². The molecule has 0 aliphatic heterocycles. The zero-order chi connectivity index (χ0) is 21.5. The molecule has 0 radical (unpaired) electrons. The number of carboxylic acids is 1. The SMILES string of the molecule is C=CCN(Cc1ccc(C(=O)NCC(=O)O)cc1)c1nc(-c2ccccc2Cl)cs1. The minimum atomic E-state index is -1.08. The second-order valence-electron chi connectivity index (χ2n) is 6.44. The Kier molecular flexibility index (Phi) is 7.21. The Morgan fingerprint density at radius 3 is 2.60 bits per heavy atom. The monoisotopic (exact) mass is 441 g/mol. The number of hydrogen-bond donors (Lipinski definition) is 2. The number of carbonyl (C=O) groups is 2. The summed E-state index contributed by atoms with van der Waals surface area (Å²) in [5.41, 5.74) is 3.10. The first-order chi connectivity index (χ1) is 14.5. The van der Waals surface area contributed by atoms with E-state index in [2.05, 4.69) is 16.8 Å². The quantitative estimate of drug-likeness (QED) is 0.479. The Morgan fingerprint density at radius 1 is 1.20 bits per heavy atom. The molecule has 0 bridgehead atoms. The average molecular weight is 442 g/mol. The molecule has 1 amide bonds. The zero-order valence-corrected chi connectivity index (χ0v) is 17.6. The third kappa shape index (κ3) is 5.46. The second-order valence-corrected chi connectivity index (χ2v) is 7.68. The number of carboxylic acid groups (broad SMARTS) is 1. The van der Waals surface area contributed by atoms with Crippen LogP contribution in [0, 0.1) is 0 Å². The van der Waals surface area contributed by atoms with Crippen molar-refractivity contribution in [1.29, 1.82) is 0 Å². The minimum absolute atomic E-state index is 0.408. The van der Waals surface area contributed by atoms with Gasteiger partial charge in [0.1, 0.15) is 6.54 Å². The molecule has 6 nitrogen and oxygen atoms in total. The number of thiazole rings is 1. The molecule has 0 aliphatic carbocycles. The predicted octanol–water partition coefficient (Wildman–Crippen LogP) is 4.47. The molecule has 2 N–H and O–H groups in total. The van der Waals surface area contributed by atoms with Crippen LogP contribution in [0.5, 0.6) is 0 Å². The maximum absolute atomic E-state index is 12.0. The summed E-state index contributed by atoms with van der Waals surface area (Å²) in [5, 5.41) is 14.5. The number of carbonyl (C=O) groups excluding carboxylic acids is 1. The third-order valence-electron chi connectivity index (χ3n) is 4.25. The molecule has 8 heteroatoms. The van der Waals surface area contributed by atoms with Crippen molar-refractivity contribution >= 4 is 39.9 Å². The summed E-state index contributed by atoms with van der Waals surface area (Å²) in [6.07, 6.45) is 1.81. The molecule has 0 spiro atoms. The lowest BCUT2D eigenvalue weighted by atomic mass is 10.1. The molecule has 1 aromatic heterocycles. The number of benzene rings is 2. The van der Waals surface area contributed by atoms with Crippen LogP contribution in [0.4, 0.5) is 5.13 Å². The normalized spacial score (nSPS) is 10.4. The van der Waals surface area contributed by atoms with Gasteiger partial charge in [0.15, 0.2) is 5.13 Å². The van der Waals surface area contributed by atoms with Gasteiger partial charge in [-0.05, 0) is 23.8 Å². The van der Waals surface area contributed by atoms with Gasteiger partial charge in [0.25, 0.3) is 5.91 Å². The third-order valence-corrected chi connectivity index (χ3v) is 5.48. The van der Waals surface area contributed by atoms with E-state index in [-0.39, 0.29) is 0 Å². The predicted molar refractivity (Wildman–Crippen MR) is 120 cm³/mol. The number of nitrogens with zero attached hydrogens (tertiary/aromatic N) is 2. The van der Waals surface area contributed by atoms with Crippen molar-refractivity contribution in [2.75, 3.05) is 18.0 Å². The van der Waals surface area contributed by atoms with E-state index in [1.54, 1.807) is 12.1 Å². The summed E-state index contributed by atoms with van der Waals surface area (Å²) < 4.78 is 0. The van der Waals surface area contributed by atoms with E-state index < -0.39 is 18.4 Å². The zero-order valence-electron chi connectivity index (χ0n) is 16.0. The lowest BCUT2D eigenvalue weighted by Gasteiger charge is -2.20. The molecule has 0 saturated heterocycles. The van der Waals surface area contributed by atoms with Gasteiger partial charge >= 0.3 is 5.97 Å². The first-order valence-electron chi connectivity index (χ1n) is 9.13. The van der Waals surface area contributed by atoms with Gasteiger partial charge in [0.05, 0.1) is 5.69 Å². The van der Waals surface area contributed by atoms with Crippen LogP contribution in [0.1, 0.15) is 15.9 Å². The van der Waals surface area contributed by atoms with E-state index in [1.807, 2.05) is 47.9 Å². The highest BCUT2D eigenvalue weighted by Gasteiger charge is 2.14. The number of hydrogen-bond acceptors (Lipinski definition) is 5. The van der Waals surface area contributed by atoms with Crippen molar-refractivity contribution in [1.82, 2.24) is 10.3 Å². The van der Waals surface area contributed by atoms with Crippen molar-refractivity contribution in [3.8, 4) is 11.3 Å². The Bertz CT molecular complexity index is 1050. The molecule has 0 saturated carbocycles. The number of aliphatic carboxylic acids is 1. The van der Waals surface area contributed by atoms with E-state index in [0.29, 0.717) is 23.7 Å². The summed E-state index contributed by atoms with van der Waals surface area (Å²) >= 11 is 7.81. The standard InChI is InChI=1S/C22H20ClN3O3S/c1-2-11-26(22-25-19(14-30-22)17-5-3-4-6-18(17)23)13-15-7-9-16(10-8-15)21(29)24-12-20(27)28/h2-10,14H,1,11-13H2,(H,24,29)(H,27,28). The number of amides is 1. The smallest absolute Gasteiger partial charge is 0.322 e. The van der Waals surface area contributed by atoms with Crippen LogP contribution in [0.15, 0.2) is 66.6 Å². The molecular formula is C22H20ClN3O3S. The topological polar surface area (TPSA) is 82.5 Å². The van der Waals surface area contributed by atoms with Gasteiger partial charge in [0, 0.05) is 34.6 Å². The highest BCUT2D eigenvalue weighted by Crippen LogP contribution is 2.32. The highest BCUT2D eigenvalue weighted by atomic mass is 35.5. The van der Waals surface area contributed by atoms with Crippen LogP contribution in [0.25, 0.3) is 11.3 Å². The second kappa shape index (κ2) is 10.0. The summed E-state index contributed by atoms with van der Waals surface area (Å²) in [6.45, 7) is 4.61. The summed E-state index contributed by atoms with van der Waals surface area (Å²) in [5.74, 6) is -1.50. The van der Waals surface area contributed by atoms with Crippen LogP contribution in [-0.4, -0.2) is 35.1 Å². The largest absolute Gasteiger partial charge is 0.480 e. The molecule has 2 aromatic carbocycles. The lowest BCUT2D eigenvalue weighted by Crippen LogP contribution is -2.29. The highest BCUT2D eigenvalue weighted by molar-refractivity contribution is 7.14. The Labute approximate surface area is 183 Å². The number of halogens is 1. The number of anilines is 1. The Hall–Kier alpha value is -3.16. The fourth-order valence-electron chi connectivity index (χ4n) is 2.81. The van der Waals surface area contributed by atoms with Gasteiger partial charge in [-0.25, -0.2) is 4.98 Å². The first-order valence-corrected chi connectivity index (χ1v) is 10.4. The van der Waals surface area contributed by atoms with Gasteiger partial charge < -0.3 is 15.3 Å². The lowest BCUT2D eigenvalue weighted by molar-refractivity contribution is -0.135. The molecule has 3 aromatic rings. The Balaban J connectivity index is 1.73. The number of nitrogens with one attached hydrogen (secondary N) is 1. The van der Waals surface area contributed by atoms with Gasteiger partial charge in [-0.2, -0.15) is 0 Å². The average Bonchev–Trinajstić information content (AvgIpc) is 3.22. The van der Waals surface area contributed by atoms with Crippen molar-refractivity contribution in [3.63, 3.8) is 0 Å². The van der Waals surface area contributed by atoms with Gasteiger partial charge in [-0.3, -0.25) is 9.59 Å². The van der Waals surface area contributed by atoms with Crippen LogP contribution in [0.2, 0.25) is 5.02 Å². The fraction of sp³-hybridized carbons (Fsp3) is 0.136. The maximum Gasteiger partial charge on any atom is 0.322 e. The Morgan fingerprint density at radius 2 is 1.93 bits per heavy atom. The number of aromatic nitrogens is 1. The van der Waals surface area contributed by atoms with Gasteiger partial charge in [-0.15, -0.1) is 17.9 Å². The van der Waals surface area contributed by atoms with E-state index >= 15 is 0 Å². The summed E-state index contributed by atoms with van der Waals surface area (Å²) in [6, 6.07) is 14.6. The number of rotatable bonds is 9. The van der Waals surface area contributed by atoms with Crippen molar-refractivity contribution in [2.24, 2.45) is 0 Å². The summed E-state index contributed by atoms with van der Waals surface area (Å²) in [7, 11) is 0. The van der Waals surface area contributed by atoms with Crippen LogP contribution in [-0.2, 0) is 11.3 Å². The van der Waals surface area contributed by atoms with E-state index in [9.17, 15) is 9.59 Å². The van der Waals surface area contributed by atoms with Crippen molar-refractivity contribution in [3.05, 3.63) is 82.7 Å². The maximum atomic E-state index is 12.0. The van der Waals surface area contributed by atoms with Crippen molar-refractivity contribution in [2.45, 2.75) is 6.54 Å². The molecule has 0 atom stereocenters. The fourth-order valence-corrected chi connectivity index (χ4v) is 3.88. The van der Waals surface area contributed by atoms with Crippen LogP contribution < -0.4 is 10.2 Å². The van der Waals surface area contributed by atoms with E-state index in [0.717, 1.165) is 22.0 Å². The van der Waals surface area contributed by atoms with E-state index in [4.69, 9.17) is 21.7 Å². The molecule has 0 aliphatic rings. The summed E-state index contributed by atoms with van der Waals surface area (Å²) in [4.78, 5) is 29.3. The van der Waals surface area contributed by atoms with Gasteiger partial charge in [0.2, 0.25) is 0 Å². The first kappa shape index (κ1) is 21.5. The van der Waals surface area contributed by atoms with E-state index in [1.165, 1.54) is 11.3 Å². The van der Waals surface area contributed by atoms with Gasteiger partial charge in [-0.1, -0.05) is 48.0 Å². The van der Waals surface area contributed by atoms with Crippen LogP contribution >= 0.6 is 22.9 Å². The molecule has 3 rings (SSSR count).